The molecule has 0 saturated carbocycles. The lowest BCUT2D eigenvalue weighted by Gasteiger charge is -2.24. The molecule has 3 rings (SSSR count). The van der Waals surface area contributed by atoms with Gasteiger partial charge in [-0.1, -0.05) is 12.1 Å². The second-order valence-corrected chi connectivity index (χ2v) is 8.63. The zero-order chi connectivity index (χ0) is 16.7. The minimum absolute atomic E-state index is 0.0407. The van der Waals surface area contributed by atoms with E-state index in [1.165, 1.54) is 0 Å². The molecule has 2 aliphatic rings. The minimum atomic E-state index is -3.07. The molecule has 1 aromatic rings. The van der Waals surface area contributed by atoms with Crippen molar-refractivity contribution in [3.63, 3.8) is 0 Å². The quantitative estimate of drug-likeness (QED) is 0.881. The van der Waals surface area contributed by atoms with E-state index in [0.717, 1.165) is 5.56 Å². The van der Waals surface area contributed by atoms with E-state index in [-0.39, 0.29) is 29.8 Å². The topological polar surface area (TPSA) is 89.5 Å². The van der Waals surface area contributed by atoms with Crippen molar-refractivity contribution in [1.29, 1.82) is 0 Å². The van der Waals surface area contributed by atoms with Crippen molar-refractivity contribution >= 4 is 21.5 Å². The van der Waals surface area contributed by atoms with E-state index in [1.807, 2.05) is 0 Å². The summed E-state index contributed by atoms with van der Waals surface area (Å²) >= 11 is 0. The Morgan fingerprint density at radius 2 is 2.13 bits per heavy atom. The predicted octanol–water partition coefficient (Wildman–Crippen LogP) is 0.888. The first-order valence-electron chi connectivity index (χ1n) is 7.57. The lowest BCUT2D eigenvalue weighted by Crippen LogP contribution is -2.48. The highest BCUT2D eigenvalue weighted by atomic mass is 32.2. The third kappa shape index (κ3) is 3.39. The molecule has 1 saturated heterocycles. The number of sulfone groups is 1. The molecule has 6 nitrogen and oxygen atoms in total. The standard InChI is InChI=1S/C16H19NO5S/c1-16(7-8-23(20,21)10-16)17-15(19)9-22-14-4-2-3-11-12(14)5-6-13(11)18/h2-4H,5-10H2,1H3,(H,17,19). The zero-order valence-electron chi connectivity index (χ0n) is 12.9. The van der Waals surface area contributed by atoms with Gasteiger partial charge in [-0.2, -0.15) is 0 Å². The lowest BCUT2D eigenvalue weighted by atomic mass is 10.0. The summed E-state index contributed by atoms with van der Waals surface area (Å²) in [5, 5.41) is 2.75. The summed E-state index contributed by atoms with van der Waals surface area (Å²) < 4.78 is 28.7. The third-order valence-corrected chi connectivity index (χ3v) is 6.24. The monoisotopic (exact) mass is 337 g/mol. The van der Waals surface area contributed by atoms with Crippen molar-refractivity contribution in [2.45, 2.75) is 31.7 Å². The van der Waals surface area contributed by atoms with Gasteiger partial charge in [-0.15, -0.1) is 0 Å². The van der Waals surface area contributed by atoms with Crippen LogP contribution in [0.2, 0.25) is 0 Å². The van der Waals surface area contributed by atoms with Crippen LogP contribution >= 0.6 is 0 Å². The van der Waals surface area contributed by atoms with Gasteiger partial charge in [0.05, 0.1) is 17.0 Å². The Balaban J connectivity index is 1.62. The van der Waals surface area contributed by atoms with Crippen molar-refractivity contribution in [2.24, 2.45) is 0 Å². The van der Waals surface area contributed by atoms with Gasteiger partial charge >= 0.3 is 0 Å². The number of hydrogen-bond acceptors (Lipinski definition) is 5. The maximum Gasteiger partial charge on any atom is 0.258 e. The van der Waals surface area contributed by atoms with E-state index in [9.17, 15) is 18.0 Å². The molecule has 1 aliphatic carbocycles. The fourth-order valence-electron chi connectivity index (χ4n) is 3.22. The Morgan fingerprint density at radius 3 is 2.83 bits per heavy atom. The van der Waals surface area contributed by atoms with Crippen molar-refractivity contribution < 1.29 is 22.7 Å². The van der Waals surface area contributed by atoms with Crippen LogP contribution in [-0.2, 0) is 21.1 Å². The summed E-state index contributed by atoms with van der Waals surface area (Å²) in [6, 6.07) is 5.24. The third-order valence-electron chi connectivity index (χ3n) is 4.34. The average Bonchev–Trinajstić information content (AvgIpc) is 2.97. The Bertz CT molecular complexity index is 771. The number of fused-ring (bicyclic) bond motifs is 1. The molecule has 1 heterocycles. The smallest absolute Gasteiger partial charge is 0.258 e. The Kier molecular flexibility index (Phi) is 3.91. The summed E-state index contributed by atoms with van der Waals surface area (Å²) in [5.41, 5.74) is 0.783. The first-order valence-corrected chi connectivity index (χ1v) is 9.39. The summed E-state index contributed by atoms with van der Waals surface area (Å²) in [6.07, 6.45) is 1.51. The lowest BCUT2D eigenvalue weighted by molar-refractivity contribution is -0.124. The highest BCUT2D eigenvalue weighted by Crippen LogP contribution is 2.30. The largest absolute Gasteiger partial charge is 0.483 e. The average molecular weight is 337 g/mol. The molecule has 1 aromatic carbocycles. The molecule has 0 spiro atoms. The molecule has 23 heavy (non-hydrogen) atoms. The molecular formula is C16H19NO5S. The van der Waals surface area contributed by atoms with Crippen LogP contribution in [0.25, 0.3) is 0 Å². The molecule has 1 fully saturated rings. The number of nitrogens with one attached hydrogen (secondary N) is 1. The van der Waals surface area contributed by atoms with Crippen molar-refractivity contribution in [2.75, 3.05) is 18.1 Å². The molecule has 1 atom stereocenters. The maximum atomic E-state index is 12.1. The van der Waals surface area contributed by atoms with Crippen molar-refractivity contribution in [3.05, 3.63) is 29.3 Å². The zero-order valence-corrected chi connectivity index (χ0v) is 13.7. The second kappa shape index (κ2) is 5.63. The summed E-state index contributed by atoms with van der Waals surface area (Å²) in [4.78, 5) is 23.8. The van der Waals surface area contributed by atoms with Gasteiger partial charge in [0.2, 0.25) is 0 Å². The number of benzene rings is 1. The van der Waals surface area contributed by atoms with E-state index >= 15 is 0 Å². The molecule has 0 aromatic heterocycles. The second-order valence-electron chi connectivity index (χ2n) is 6.44. The van der Waals surface area contributed by atoms with Gasteiger partial charge in [-0.05, 0) is 25.8 Å². The van der Waals surface area contributed by atoms with Crippen LogP contribution in [0.5, 0.6) is 5.75 Å². The summed E-state index contributed by atoms with van der Waals surface area (Å²) in [7, 11) is -3.07. The SMILES string of the molecule is CC1(NC(=O)COc2cccc3c2CCC3=O)CCS(=O)(=O)C1. The molecular weight excluding hydrogens is 318 g/mol. The van der Waals surface area contributed by atoms with E-state index in [2.05, 4.69) is 5.32 Å². The van der Waals surface area contributed by atoms with Gasteiger partial charge < -0.3 is 10.1 Å². The number of carbonyl (C=O) groups excluding carboxylic acids is 2. The maximum absolute atomic E-state index is 12.1. The number of ether oxygens (including phenoxy) is 1. The molecule has 1 aliphatic heterocycles. The first-order chi connectivity index (χ1) is 10.8. The van der Waals surface area contributed by atoms with Crippen LogP contribution in [0.3, 0.4) is 0 Å². The summed E-state index contributed by atoms with van der Waals surface area (Å²) in [6.45, 7) is 1.54. The summed E-state index contributed by atoms with van der Waals surface area (Å²) in [5.74, 6) is 0.345. The van der Waals surface area contributed by atoms with Crippen LogP contribution < -0.4 is 10.1 Å². The molecule has 7 heteroatoms. The van der Waals surface area contributed by atoms with Crippen LogP contribution in [0.4, 0.5) is 0 Å². The molecule has 1 unspecified atom stereocenters. The number of carbonyl (C=O) groups is 2. The molecule has 0 bridgehead atoms. The van der Waals surface area contributed by atoms with Crippen LogP contribution in [0.15, 0.2) is 18.2 Å². The fraction of sp³-hybridized carbons (Fsp3) is 0.500. The molecule has 124 valence electrons. The highest BCUT2D eigenvalue weighted by Gasteiger charge is 2.39. The first kappa shape index (κ1) is 16.0. The van der Waals surface area contributed by atoms with E-state index in [1.54, 1.807) is 25.1 Å². The predicted molar refractivity (Wildman–Crippen MR) is 84.4 cm³/mol. The van der Waals surface area contributed by atoms with Crippen molar-refractivity contribution in [3.8, 4) is 5.75 Å². The number of amides is 1. The van der Waals surface area contributed by atoms with Gasteiger partial charge in [0.1, 0.15) is 5.75 Å². The normalized spacial score (nSPS) is 25.2. The van der Waals surface area contributed by atoms with Crippen LogP contribution in [0, 0.1) is 0 Å². The minimum Gasteiger partial charge on any atom is -0.483 e. The van der Waals surface area contributed by atoms with Crippen molar-refractivity contribution in [1.82, 2.24) is 5.32 Å². The van der Waals surface area contributed by atoms with Gasteiger partial charge in [-0.3, -0.25) is 9.59 Å². The Labute approximate surface area is 135 Å². The molecule has 1 N–H and O–H groups in total. The van der Waals surface area contributed by atoms with E-state index < -0.39 is 15.4 Å². The molecule has 0 radical (unpaired) electrons. The van der Waals surface area contributed by atoms with Gasteiger partial charge in [-0.25, -0.2) is 8.42 Å². The van der Waals surface area contributed by atoms with E-state index in [4.69, 9.17) is 4.74 Å². The highest BCUT2D eigenvalue weighted by molar-refractivity contribution is 7.91. The Hall–Kier alpha value is -1.89. The number of hydrogen-bond donors (Lipinski definition) is 1. The number of rotatable bonds is 4. The van der Waals surface area contributed by atoms with Gasteiger partial charge in [0, 0.05) is 17.5 Å². The Morgan fingerprint density at radius 1 is 1.35 bits per heavy atom. The molecule has 1 amide bonds. The number of Topliss-reactive ketones (excluding diaryl/α,β-unsaturated/α-hetero) is 1. The fourth-order valence-corrected chi connectivity index (χ4v) is 5.31. The van der Waals surface area contributed by atoms with Gasteiger partial charge in [0.25, 0.3) is 5.91 Å². The van der Waals surface area contributed by atoms with Crippen LogP contribution in [-0.4, -0.2) is 43.8 Å². The number of ketones is 1. The van der Waals surface area contributed by atoms with Gasteiger partial charge in [0.15, 0.2) is 22.2 Å². The van der Waals surface area contributed by atoms with E-state index in [0.29, 0.717) is 30.6 Å². The van der Waals surface area contributed by atoms with Crippen LogP contribution in [0.1, 0.15) is 35.7 Å².